The van der Waals surface area contributed by atoms with E-state index in [0.29, 0.717) is 6.42 Å². The molecular formula is C23H23F2N3O3. The van der Waals surface area contributed by atoms with Gasteiger partial charge in [-0.1, -0.05) is 30.3 Å². The molecule has 4 rings (SSSR count). The van der Waals surface area contributed by atoms with Gasteiger partial charge in [-0.3, -0.25) is 14.4 Å². The molecule has 8 heteroatoms. The average Bonchev–Trinajstić information content (AvgIpc) is 3.45. The normalized spacial score (nSPS) is 19.2. The maximum Gasteiger partial charge on any atom is 0.243 e. The van der Waals surface area contributed by atoms with Crippen molar-refractivity contribution in [1.29, 1.82) is 0 Å². The molecule has 0 spiro atoms. The number of rotatable bonds is 7. The Morgan fingerprint density at radius 1 is 1.06 bits per heavy atom. The van der Waals surface area contributed by atoms with E-state index in [1.807, 2.05) is 30.3 Å². The van der Waals surface area contributed by atoms with Crippen LogP contribution in [0.15, 0.2) is 48.5 Å². The highest BCUT2D eigenvalue weighted by molar-refractivity contribution is 6.01. The number of amides is 3. The Bertz CT molecular complexity index is 975. The summed E-state index contributed by atoms with van der Waals surface area (Å²) in [6, 6.07) is 11.6. The molecule has 31 heavy (non-hydrogen) atoms. The minimum atomic E-state index is -0.796. The minimum absolute atomic E-state index is 0.00411. The summed E-state index contributed by atoms with van der Waals surface area (Å²) < 4.78 is 27.1. The largest absolute Gasteiger partial charge is 0.352 e. The van der Waals surface area contributed by atoms with Gasteiger partial charge in [-0.2, -0.15) is 0 Å². The van der Waals surface area contributed by atoms with Gasteiger partial charge in [0.1, 0.15) is 17.7 Å². The molecule has 6 nitrogen and oxygen atoms in total. The number of halogens is 2. The van der Waals surface area contributed by atoms with Crippen molar-refractivity contribution < 1.29 is 23.2 Å². The summed E-state index contributed by atoms with van der Waals surface area (Å²) in [5, 5.41) is 5.69. The third kappa shape index (κ3) is 5.25. The zero-order valence-corrected chi connectivity index (χ0v) is 16.8. The second kappa shape index (κ2) is 8.83. The topological polar surface area (TPSA) is 78.5 Å². The smallest absolute Gasteiger partial charge is 0.243 e. The van der Waals surface area contributed by atoms with Crippen molar-refractivity contribution in [2.45, 2.75) is 37.8 Å². The van der Waals surface area contributed by atoms with Crippen LogP contribution in [-0.4, -0.2) is 36.3 Å². The second-order valence-corrected chi connectivity index (χ2v) is 8.07. The van der Waals surface area contributed by atoms with Crippen molar-refractivity contribution in [3.8, 4) is 0 Å². The van der Waals surface area contributed by atoms with Gasteiger partial charge in [0.15, 0.2) is 0 Å². The first kappa shape index (κ1) is 21.0. The molecule has 162 valence electrons. The monoisotopic (exact) mass is 427 g/mol. The number of anilines is 1. The van der Waals surface area contributed by atoms with Gasteiger partial charge in [0.2, 0.25) is 17.7 Å². The van der Waals surface area contributed by atoms with E-state index in [1.165, 1.54) is 4.90 Å². The molecule has 1 aliphatic carbocycles. The summed E-state index contributed by atoms with van der Waals surface area (Å²) in [6.07, 6.45) is 2.08. The van der Waals surface area contributed by atoms with Gasteiger partial charge in [0.05, 0.1) is 5.92 Å². The van der Waals surface area contributed by atoms with Gasteiger partial charge in [-0.15, -0.1) is 0 Å². The standard InChI is InChI=1S/C23H23F2N3O3/c24-16-10-17(25)12-19(11-16)28-13-15(9-21(28)29)22(30)27-20(23(31)26-18-6-7-18)8-14-4-2-1-3-5-14/h1-5,10-12,15,18,20H,6-9,13H2,(H,26,31)(H,27,30). The number of benzene rings is 2. The van der Waals surface area contributed by atoms with Gasteiger partial charge in [-0.05, 0) is 30.5 Å². The molecule has 3 amide bonds. The Balaban J connectivity index is 1.45. The van der Waals surface area contributed by atoms with Crippen molar-refractivity contribution in [3.63, 3.8) is 0 Å². The molecule has 2 atom stereocenters. The van der Waals surface area contributed by atoms with Crippen molar-refractivity contribution in [1.82, 2.24) is 10.6 Å². The fourth-order valence-corrected chi connectivity index (χ4v) is 3.71. The Hall–Kier alpha value is -3.29. The van der Waals surface area contributed by atoms with Crippen molar-refractivity contribution in [3.05, 3.63) is 65.7 Å². The van der Waals surface area contributed by atoms with E-state index in [2.05, 4.69) is 10.6 Å². The predicted octanol–water partition coefficient (Wildman–Crippen LogP) is 2.32. The second-order valence-electron chi connectivity index (χ2n) is 8.07. The van der Waals surface area contributed by atoms with Crippen LogP contribution in [0.1, 0.15) is 24.8 Å². The summed E-state index contributed by atoms with van der Waals surface area (Å²) >= 11 is 0. The average molecular weight is 427 g/mol. The summed E-state index contributed by atoms with van der Waals surface area (Å²) in [6.45, 7) is -0.00411. The quantitative estimate of drug-likeness (QED) is 0.712. The number of nitrogens with one attached hydrogen (secondary N) is 2. The van der Waals surface area contributed by atoms with E-state index in [9.17, 15) is 23.2 Å². The number of hydrogen-bond donors (Lipinski definition) is 2. The molecule has 2 N–H and O–H groups in total. The Morgan fingerprint density at radius 2 is 1.74 bits per heavy atom. The number of hydrogen-bond acceptors (Lipinski definition) is 3. The first-order valence-corrected chi connectivity index (χ1v) is 10.3. The van der Waals surface area contributed by atoms with Gasteiger partial charge < -0.3 is 15.5 Å². The molecule has 1 heterocycles. The summed E-state index contributed by atoms with van der Waals surface area (Å²) in [5.74, 6) is -3.39. The van der Waals surface area contributed by atoms with E-state index >= 15 is 0 Å². The third-order valence-electron chi connectivity index (χ3n) is 5.49. The molecule has 2 aliphatic rings. The molecular weight excluding hydrogens is 404 g/mol. The maximum atomic E-state index is 13.5. The van der Waals surface area contributed by atoms with Crippen LogP contribution in [0.5, 0.6) is 0 Å². The summed E-state index contributed by atoms with van der Waals surface area (Å²) in [4.78, 5) is 39.2. The zero-order chi connectivity index (χ0) is 22.0. The number of nitrogens with zero attached hydrogens (tertiary/aromatic N) is 1. The molecule has 2 aromatic carbocycles. The summed E-state index contributed by atoms with van der Waals surface area (Å²) in [7, 11) is 0. The molecule has 0 radical (unpaired) electrons. The highest BCUT2D eigenvalue weighted by Gasteiger charge is 2.37. The highest BCUT2D eigenvalue weighted by Crippen LogP contribution is 2.27. The van der Waals surface area contributed by atoms with Gasteiger partial charge in [0.25, 0.3) is 0 Å². The molecule has 2 aromatic rings. The Labute approximate surface area is 178 Å². The first-order chi connectivity index (χ1) is 14.9. The van der Waals surface area contributed by atoms with Crippen molar-refractivity contribution in [2.75, 3.05) is 11.4 Å². The van der Waals surface area contributed by atoms with Crippen LogP contribution >= 0.6 is 0 Å². The van der Waals surface area contributed by atoms with E-state index in [-0.39, 0.29) is 30.6 Å². The van der Waals surface area contributed by atoms with Gasteiger partial charge in [0, 0.05) is 37.2 Å². The minimum Gasteiger partial charge on any atom is -0.352 e. The molecule has 0 aromatic heterocycles. The van der Waals surface area contributed by atoms with E-state index in [0.717, 1.165) is 36.6 Å². The van der Waals surface area contributed by atoms with Crippen molar-refractivity contribution in [2.24, 2.45) is 5.92 Å². The Morgan fingerprint density at radius 3 is 2.39 bits per heavy atom. The molecule has 1 aliphatic heterocycles. The lowest BCUT2D eigenvalue weighted by Gasteiger charge is -2.21. The molecule has 1 saturated carbocycles. The summed E-state index contributed by atoms with van der Waals surface area (Å²) in [5.41, 5.74) is 0.975. The SMILES string of the molecule is O=C(NC(Cc1ccccc1)C(=O)NC1CC1)C1CC(=O)N(c2cc(F)cc(F)c2)C1. The first-order valence-electron chi connectivity index (χ1n) is 10.3. The van der Waals surface area contributed by atoms with Crippen LogP contribution in [0, 0.1) is 17.6 Å². The molecule has 1 saturated heterocycles. The van der Waals surface area contributed by atoms with E-state index in [1.54, 1.807) is 0 Å². The number of carbonyl (C=O) groups excluding carboxylic acids is 3. The van der Waals surface area contributed by atoms with Crippen molar-refractivity contribution >= 4 is 23.4 Å². The third-order valence-corrected chi connectivity index (χ3v) is 5.49. The van der Waals surface area contributed by atoms with Crippen LogP contribution in [-0.2, 0) is 20.8 Å². The lowest BCUT2D eigenvalue weighted by atomic mass is 10.0. The fourth-order valence-electron chi connectivity index (χ4n) is 3.71. The maximum absolute atomic E-state index is 13.5. The lowest BCUT2D eigenvalue weighted by Crippen LogP contribution is -2.50. The molecule has 2 unspecified atom stereocenters. The predicted molar refractivity (Wildman–Crippen MR) is 110 cm³/mol. The molecule has 0 bridgehead atoms. The molecule has 2 fully saturated rings. The Kier molecular flexibility index (Phi) is 5.97. The van der Waals surface area contributed by atoms with Crippen LogP contribution in [0.3, 0.4) is 0 Å². The van der Waals surface area contributed by atoms with Crippen LogP contribution in [0.4, 0.5) is 14.5 Å². The lowest BCUT2D eigenvalue weighted by molar-refractivity contribution is -0.131. The zero-order valence-electron chi connectivity index (χ0n) is 16.8. The number of carbonyl (C=O) groups is 3. The van der Waals surface area contributed by atoms with E-state index in [4.69, 9.17) is 0 Å². The van der Waals surface area contributed by atoms with Gasteiger partial charge >= 0.3 is 0 Å². The van der Waals surface area contributed by atoms with Crippen LogP contribution < -0.4 is 15.5 Å². The highest BCUT2D eigenvalue weighted by atomic mass is 19.1. The fraction of sp³-hybridized carbons (Fsp3) is 0.348. The van der Waals surface area contributed by atoms with Gasteiger partial charge in [-0.25, -0.2) is 8.78 Å². The van der Waals surface area contributed by atoms with Crippen LogP contribution in [0.25, 0.3) is 0 Å². The van der Waals surface area contributed by atoms with E-state index < -0.39 is 35.4 Å². The van der Waals surface area contributed by atoms with Crippen LogP contribution in [0.2, 0.25) is 0 Å².